The van der Waals surface area contributed by atoms with Crippen LogP contribution in [0.3, 0.4) is 0 Å². The van der Waals surface area contributed by atoms with Crippen LogP contribution in [-0.4, -0.2) is 4.98 Å². The molecule has 0 spiro atoms. The van der Waals surface area contributed by atoms with Crippen LogP contribution in [0.4, 0.5) is 0 Å². The van der Waals surface area contributed by atoms with Crippen LogP contribution in [0.2, 0.25) is 0 Å². The van der Waals surface area contributed by atoms with Gasteiger partial charge in [-0.3, -0.25) is 4.98 Å². The Morgan fingerprint density at radius 3 is 1.48 bits per heavy atom. The number of rotatable bonds is 3. The highest BCUT2D eigenvalue weighted by atomic mass is 31.2. The van der Waals surface area contributed by atoms with Gasteiger partial charge in [-0.1, -0.05) is 78.9 Å². The summed E-state index contributed by atoms with van der Waals surface area (Å²) in [6, 6.07) is 40.1. The summed E-state index contributed by atoms with van der Waals surface area (Å²) in [7, 11) is -3.31. The van der Waals surface area contributed by atoms with E-state index in [4.69, 9.17) is 9.47 Å². The molecule has 0 saturated heterocycles. The van der Waals surface area contributed by atoms with Crippen LogP contribution in [0, 0.1) is 0 Å². The van der Waals surface area contributed by atoms with Crippen molar-refractivity contribution in [3.63, 3.8) is 0 Å². The van der Waals surface area contributed by atoms with Crippen molar-refractivity contribution < 1.29 is 14.0 Å². The van der Waals surface area contributed by atoms with Gasteiger partial charge in [0.1, 0.15) is 28.3 Å². The summed E-state index contributed by atoms with van der Waals surface area (Å²) < 4.78 is 28.6. The Bertz CT molecular complexity index is 1850. The van der Waals surface area contributed by atoms with Crippen molar-refractivity contribution in [1.82, 2.24) is 4.98 Å². The standard InChI is InChI=1S/C35H22NO3P/c37-40-33-15-13-25(23-8-3-1-4-9-23)18-29(33)38-31-20-28(27-12-7-17-36-22-27)21-32(35(31)40)39-30-19-26(14-16-34(30)40)24-10-5-2-6-11-24/h1-22H. The summed E-state index contributed by atoms with van der Waals surface area (Å²) in [5.74, 6) is 2.31. The number of nitrogens with zero attached hydrogens (tertiary/aromatic N) is 1. The molecule has 0 unspecified atom stereocenters. The molecule has 40 heavy (non-hydrogen) atoms. The molecule has 2 aliphatic heterocycles. The van der Waals surface area contributed by atoms with Gasteiger partial charge in [-0.2, -0.15) is 0 Å². The van der Waals surface area contributed by atoms with E-state index in [2.05, 4.69) is 29.2 Å². The van der Waals surface area contributed by atoms with Crippen molar-refractivity contribution in [2.45, 2.75) is 0 Å². The minimum absolute atomic E-state index is 0.551. The van der Waals surface area contributed by atoms with E-state index < -0.39 is 7.14 Å². The zero-order valence-electron chi connectivity index (χ0n) is 21.3. The smallest absolute Gasteiger partial charge is 0.185 e. The zero-order chi connectivity index (χ0) is 26.7. The van der Waals surface area contributed by atoms with Crippen LogP contribution in [0.5, 0.6) is 23.0 Å². The van der Waals surface area contributed by atoms with Gasteiger partial charge in [0.05, 0.1) is 10.6 Å². The molecule has 190 valence electrons. The third kappa shape index (κ3) is 3.47. The zero-order valence-corrected chi connectivity index (χ0v) is 22.2. The second-order valence-electron chi connectivity index (χ2n) is 9.97. The minimum Gasteiger partial charge on any atom is -0.456 e. The van der Waals surface area contributed by atoms with Gasteiger partial charge in [0.25, 0.3) is 0 Å². The Balaban J connectivity index is 1.37. The molecule has 0 bridgehead atoms. The highest BCUT2D eigenvalue weighted by molar-refractivity contribution is 7.86. The lowest BCUT2D eigenvalue weighted by molar-refractivity contribution is 0.462. The molecule has 3 heterocycles. The SMILES string of the molecule is O=P12c3ccc(-c4ccccc4)cc3Oc3cc(-c4cccnc4)cc(c31)Oc1cc(-c3ccccc3)ccc12. The average molecular weight is 536 g/mol. The fourth-order valence-electron chi connectivity index (χ4n) is 5.69. The number of fused-ring (bicyclic) bond motifs is 4. The molecular formula is C35H22NO3P. The molecule has 0 N–H and O–H groups in total. The summed E-state index contributed by atoms with van der Waals surface area (Å²) >= 11 is 0. The maximum absolute atomic E-state index is 15.5. The predicted octanol–water partition coefficient (Wildman–Crippen LogP) is 7.93. The fraction of sp³-hybridized carbons (Fsp3) is 0. The Morgan fingerprint density at radius 2 is 0.975 bits per heavy atom. The Labute approximate surface area is 231 Å². The third-order valence-corrected chi connectivity index (χ3v) is 10.8. The van der Waals surface area contributed by atoms with Crippen LogP contribution in [0.15, 0.2) is 134 Å². The van der Waals surface area contributed by atoms with E-state index in [0.717, 1.165) is 33.4 Å². The average Bonchev–Trinajstić information content (AvgIpc) is 3.01. The van der Waals surface area contributed by atoms with Gasteiger partial charge in [0.2, 0.25) is 0 Å². The van der Waals surface area contributed by atoms with E-state index in [1.54, 1.807) is 6.20 Å². The molecule has 1 aromatic heterocycles. The molecule has 0 saturated carbocycles. The number of ether oxygens (including phenoxy) is 2. The Morgan fingerprint density at radius 1 is 0.475 bits per heavy atom. The first-order valence-electron chi connectivity index (χ1n) is 13.1. The summed E-state index contributed by atoms with van der Waals surface area (Å²) in [4.78, 5) is 4.30. The molecule has 0 amide bonds. The van der Waals surface area contributed by atoms with Gasteiger partial charge < -0.3 is 14.0 Å². The lowest BCUT2D eigenvalue weighted by Crippen LogP contribution is -2.35. The van der Waals surface area contributed by atoms with Crippen molar-refractivity contribution >= 4 is 23.1 Å². The number of benzene rings is 5. The summed E-state index contributed by atoms with van der Waals surface area (Å²) in [5, 5.41) is 1.99. The quantitative estimate of drug-likeness (QED) is 0.216. The number of pyridine rings is 1. The second kappa shape index (κ2) is 8.81. The van der Waals surface area contributed by atoms with E-state index in [0.29, 0.717) is 38.9 Å². The van der Waals surface area contributed by atoms with Crippen LogP contribution < -0.4 is 25.4 Å². The highest BCUT2D eigenvalue weighted by Gasteiger charge is 2.46. The van der Waals surface area contributed by atoms with Crippen LogP contribution in [0.1, 0.15) is 0 Å². The largest absolute Gasteiger partial charge is 0.456 e. The number of hydrogen-bond acceptors (Lipinski definition) is 4. The molecule has 8 rings (SSSR count). The van der Waals surface area contributed by atoms with Gasteiger partial charge in [-0.25, -0.2) is 0 Å². The maximum Gasteiger partial charge on any atom is 0.185 e. The second-order valence-corrected chi connectivity index (χ2v) is 12.6. The Hall–Kier alpha value is -4.92. The van der Waals surface area contributed by atoms with Gasteiger partial charge in [-0.05, 0) is 70.3 Å². The molecule has 5 heteroatoms. The first-order chi connectivity index (χ1) is 19.7. The van der Waals surface area contributed by atoms with Gasteiger partial charge >= 0.3 is 0 Å². The van der Waals surface area contributed by atoms with Crippen LogP contribution >= 0.6 is 7.14 Å². The van der Waals surface area contributed by atoms with Gasteiger partial charge in [0, 0.05) is 18.0 Å². The highest BCUT2D eigenvalue weighted by Crippen LogP contribution is 2.59. The van der Waals surface area contributed by atoms with Crippen LogP contribution in [0.25, 0.3) is 33.4 Å². The summed E-state index contributed by atoms with van der Waals surface area (Å²) in [6.07, 6.45) is 3.55. The van der Waals surface area contributed by atoms with Crippen molar-refractivity contribution in [3.8, 4) is 56.4 Å². The van der Waals surface area contributed by atoms with E-state index in [1.807, 2.05) is 103 Å². The van der Waals surface area contributed by atoms with Crippen molar-refractivity contribution in [2.75, 3.05) is 0 Å². The first kappa shape index (κ1) is 23.0. The summed E-state index contributed by atoms with van der Waals surface area (Å²) in [5.41, 5.74) is 5.97. The van der Waals surface area contributed by atoms with Gasteiger partial charge in [-0.15, -0.1) is 0 Å². The molecule has 5 aromatic carbocycles. The molecule has 0 aliphatic carbocycles. The van der Waals surface area contributed by atoms with E-state index in [9.17, 15) is 0 Å². The van der Waals surface area contributed by atoms with Crippen molar-refractivity contribution in [2.24, 2.45) is 0 Å². The van der Waals surface area contributed by atoms with Crippen molar-refractivity contribution in [1.29, 1.82) is 0 Å². The van der Waals surface area contributed by atoms with E-state index in [-0.39, 0.29) is 0 Å². The lowest BCUT2D eigenvalue weighted by Gasteiger charge is -2.35. The Kier molecular flexibility index (Phi) is 5.07. The van der Waals surface area contributed by atoms with Crippen molar-refractivity contribution in [3.05, 3.63) is 134 Å². The predicted molar refractivity (Wildman–Crippen MR) is 160 cm³/mol. The monoisotopic (exact) mass is 535 g/mol. The molecule has 0 radical (unpaired) electrons. The van der Waals surface area contributed by atoms with Gasteiger partial charge in [0.15, 0.2) is 7.14 Å². The number of aromatic nitrogens is 1. The topological polar surface area (TPSA) is 48.4 Å². The minimum atomic E-state index is -3.31. The summed E-state index contributed by atoms with van der Waals surface area (Å²) in [6.45, 7) is 0. The number of hydrogen-bond donors (Lipinski definition) is 0. The fourth-order valence-corrected chi connectivity index (χ4v) is 8.68. The molecule has 6 aromatic rings. The molecule has 2 aliphatic rings. The molecule has 0 atom stereocenters. The normalized spacial score (nSPS) is 13.7. The molecular weight excluding hydrogens is 513 g/mol. The molecule has 4 nitrogen and oxygen atoms in total. The molecule has 0 fully saturated rings. The van der Waals surface area contributed by atoms with E-state index in [1.165, 1.54) is 0 Å². The van der Waals surface area contributed by atoms with E-state index >= 15 is 4.57 Å². The third-order valence-electron chi connectivity index (χ3n) is 7.60. The maximum atomic E-state index is 15.5. The first-order valence-corrected chi connectivity index (χ1v) is 14.8. The lowest BCUT2D eigenvalue weighted by atomic mass is 10.0. The van der Waals surface area contributed by atoms with Crippen LogP contribution in [-0.2, 0) is 4.57 Å².